The van der Waals surface area contributed by atoms with Gasteiger partial charge in [0.1, 0.15) is 5.82 Å². The van der Waals surface area contributed by atoms with Gasteiger partial charge in [-0.25, -0.2) is 4.98 Å². The van der Waals surface area contributed by atoms with Crippen LogP contribution in [0.2, 0.25) is 0 Å². The third kappa shape index (κ3) is 2.34. The Hall–Kier alpha value is -1.96. The molecule has 0 atom stereocenters. The molecule has 1 amide bonds. The second-order valence-electron chi connectivity index (χ2n) is 2.88. The number of H-pyrrole nitrogens is 1. The van der Waals surface area contributed by atoms with E-state index in [0.717, 1.165) is 0 Å². The van der Waals surface area contributed by atoms with Gasteiger partial charge in [-0.1, -0.05) is 11.3 Å². The first-order valence-electron chi connectivity index (χ1n) is 4.57. The Bertz CT molecular complexity index is 465. The highest BCUT2D eigenvalue weighted by Crippen LogP contribution is 2.13. The minimum Gasteiger partial charge on any atom is -0.363 e. The third-order valence-electron chi connectivity index (χ3n) is 1.80. The quantitative estimate of drug-likeness (QED) is 0.708. The van der Waals surface area contributed by atoms with Crippen LogP contribution in [0.15, 0.2) is 12.4 Å². The molecule has 2 rings (SSSR count). The lowest BCUT2D eigenvalue weighted by Gasteiger charge is -1.98. The fraction of sp³-hybridized carbons (Fsp3) is 0.250. The molecular formula is C8H10N6OS. The smallest absolute Gasteiger partial charge is 0.282 e. The van der Waals surface area contributed by atoms with E-state index in [0.29, 0.717) is 22.5 Å². The van der Waals surface area contributed by atoms with Gasteiger partial charge < -0.3 is 15.6 Å². The number of nitrogens with zero attached hydrogens (tertiary/aromatic N) is 3. The molecule has 16 heavy (non-hydrogen) atoms. The SMILES string of the molecule is CNc1nnc(C(=O)NCc2ncc[nH]2)s1. The first-order valence-corrected chi connectivity index (χ1v) is 5.39. The molecule has 0 aliphatic heterocycles. The van der Waals surface area contributed by atoms with Gasteiger partial charge in [-0.15, -0.1) is 10.2 Å². The van der Waals surface area contributed by atoms with Gasteiger partial charge in [0.05, 0.1) is 6.54 Å². The van der Waals surface area contributed by atoms with Crippen LogP contribution < -0.4 is 10.6 Å². The second kappa shape index (κ2) is 4.71. The van der Waals surface area contributed by atoms with Crippen LogP contribution >= 0.6 is 11.3 Å². The molecular weight excluding hydrogens is 228 g/mol. The molecule has 0 aliphatic carbocycles. The maximum absolute atomic E-state index is 11.6. The van der Waals surface area contributed by atoms with Crippen molar-refractivity contribution in [3.63, 3.8) is 0 Å². The lowest BCUT2D eigenvalue weighted by atomic mass is 10.5. The molecule has 0 aliphatic rings. The van der Waals surface area contributed by atoms with E-state index in [-0.39, 0.29) is 5.91 Å². The van der Waals surface area contributed by atoms with Crippen LogP contribution in [0.5, 0.6) is 0 Å². The van der Waals surface area contributed by atoms with Crippen LogP contribution in [0.3, 0.4) is 0 Å². The van der Waals surface area contributed by atoms with Crippen molar-refractivity contribution in [2.45, 2.75) is 6.54 Å². The van der Waals surface area contributed by atoms with Gasteiger partial charge in [0.25, 0.3) is 5.91 Å². The number of carbonyl (C=O) groups is 1. The highest BCUT2D eigenvalue weighted by molar-refractivity contribution is 7.17. The van der Waals surface area contributed by atoms with Crippen LogP contribution in [0.4, 0.5) is 5.13 Å². The van der Waals surface area contributed by atoms with Crippen molar-refractivity contribution in [3.05, 3.63) is 23.2 Å². The van der Waals surface area contributed by atoms with Gasteiger partial charge >= 0.3 is 0 Å². The van der Waals surface area contributed by atoms with E-state index in [9.17, 15) is 4.79 Å². The zero-order chi connectivity index (χ0) is 11.4. The standard InChI is InChI=1S/C8H10N6OS/c1-9-8-14-13-7(16-8)6(15)12-4-5-10-2-3-11-5/h2-3H,4H2,1H3,(H,9,14)(H,10,11)(H,12,15). The van der Waals surface area contributed by atoms with E-state index in [2.05, 4.69) is 30.8 Å². The molecule has 0 saturated carbocycles. The van der Waals surface area contributed by atoms with Crippen molar-refractivity contribution < 1.29 is 4.79 Å². The fourth-order valence-electron chi connectivity index (χ4n) is 1.05. The van der Waals surface area contributed by atoms with E-state index in [1.807, 2.05) is 0 Å². The Labute approximate surface area is 95.3 Å². The maximum Gasteiger partial charge on any atom is 0.282 e. The largest absolute Gasteiger partial charge is 0.363 e. The minimum absolute atomic E-state index is 0.254. The van der Waals surface area contributed by atoms with E-state index < -0.39 is 0 Å². The van der Waals surface area contributed by atoms with E-state index >= 15 is 0 Å². The van der Waals surface area contributed by atoms with Crippen molar-refractivity contribution in [2.24, 2.45) is 0 Å². The summed E-state index contributed by atoms with van der Waals surface area (Å²) in [6, 6.07) is 0. The predicted octanol–water partition coefficient (Wildman–Crippen LogP) is 0.233. The Morgan fingerprint density at radius 2 is 2.44 bits per heavy atom. The second-order valence-corrected chi connectivity index (χ2v) is 3.86. The van der Waals surface area contributed by atoms with E-state index in [1.165, 1.54) is 11.3 Å². The van der Waals surface area contributed by atoms with Crippen molar-refractivity contribution in [2.75, 3.05) is 12.4 Å². The maximum atomic E-state index is 11.6. The van der Waals surface area contributed by atoms with E-state index in [1.54, 1.807) is 19.4 Å². The molecule has 3 N–H and O–H groups in total. The summed E-state index contributed by atoms with van der Waals surface area (Å²) in [4.78, 5) is 18.5. The van der Waals surface area contributed by atoms with Crippen LogP contribution in [-0.4, -0.2) is 33.1 Å². The Kier molecular flexibility index (Phi) is 3.10. The Morgan fingerprint density at radius 3 is 3.06 bits per heavy atom. The molecule has 0 unspecified atom stereocenters. The van der Waals surface area contributed by atoms with Gasteiger partial charge in [-0.3, -0.25) is 4.79 Å². The molecule has 84 valence electrons. The topological polar surface area (TPSA) is 95.6 Å². The van der Waals surface area contributed by atoms with Gasteiger partial charge in [0, 0.05) is 19.4 Å². The van der Waals surface area contributed by atoms with Gasteiger partial charge in [0.15, 0.2) is 0 Å². The number of imidazole rings is 1. The molecule has 0 saturated heterocycles. The molecule has 2 heterocycles. The van der Waals surface area contributed by atoms with E-state index in [4.69, 9.17) is 0 Å². The Balaban J connectivity index is 1.93. The molecule has 0 spiro atoms. The first-order chi connectivity index (χ1) is 7.79. The minimum atomic E-state index is -0.254. The van der Waals surface area contributed by atoms with Crippen LogP contribution in [0, 0.1) is 0 Å². The van der Waals surface area contributed by atoms with Crippen molar-refractivity contribution in [1.82, 2.24) is 25.5 Å². The van der Waals surface area contributed by atoms with Crippen LogP contribution in [-0.2, 0) is 6.54 Å². The third-order valence-corrected chi connectivity index (χ3v) is 2.74. The number of carbonyl (C=O) groups excluding carboxylic acids is 1. The number of hydrogen-bond donors (Lipinski definition) is 3. The number of anilines is 1. The summed E-state index contributed by atoms with van der Waals surface area (Å²) in [5.41, 5.74) is 0. The highest BCUT2D eigenvalue weighted by atomic mass is 32.1. The lowest BCUT2D eigenvalue weighted by molar-refractivity contribution is 0.0949. The average molecular weight is 238 g/mol. The molecule has 7 nitrogen and oxygen atoms in total. The fourth-order valence-corrected chi connectivity index (χ4v) is 1.66. The van der Waals surface area contributed by atoms with Crippen molar-refractivity contribution in [3.8, 4) is 0 Å². The summed E-state index contributed by atoms with van der Waals surface area (Å²) in [6.45, 7) is 0.348. The number of aromatic amines is 1. The summed E-state index contributed by atoms with van der Waals surface area (Å²) in [7, 11) is 1.73. The van der Waals surface area contributed by atoms with Gasteiger partial charge in [-0.2, -0.15) is 0 Å². The van der Waals surface area contributed by atoms with Crippen molar-refractivity contribution in [1.29, 1.82) is 0 Å². The molecule has 0 bridgehead atoms. The predicted molar refractivity (Wildman–Crippen MR) is 59.2 cm³/mol. The number of nitrogens with one attached hydrogen (secondary N) is 3. The van der Waals surface area contributed by atoms with Gasteiger partial charge in [-0.05, 0) is 0 Å². The summed E-state index contributed by atoms with van der Waals surface area (Å²) in [6.07, 6.45) is 3.33. The van der Waals surface area contributed by atoms with Crippen LogP contribution in [0.25, 0.3) is 0 Å². The molecule has 8 heteroatoms. The summed E-state index contributed by atoms with van der Waals surface area (Å²) >= 11 is 1.20. The number of amides is 1. The zero-order valence-electron chi connectivity index (χ0n) is 8.52. The van der Waals surface area contributed by atoms with Gasteiger partial charge in [0.2, 0.25) is 10.1 Å². The molecule has 2 aromatic heterocycles. The average Bonchev–Trinajstić information content (AvgIpc) is 2.96. The summed E-state index contributed by atoms with van der Waals surface area (Å²) in [5, 5.41) is 14.0. The number of aromatic nitrogens is 4. The molecule has 2 aromatic rings. The number of rotatable bonds is 4. The lowest BCUT2D eigenvalue weighted by Crippen LogP contribution is -2.23. The summed E-state index contributed by atoms with van der Waals surface area (Å²) < 4.78 is 0. The zero-order valence-corrected chi connectivity index (χ0v) is 9.34. The Morgan fingerprint density at radius 1 is 1.56 bits per heavy atom. The van der Waals surface area contributed by atoms with Crippen LogP contribution in [0.1, 0.15) is 15.6 Å². The normalized spacial score (nSPS) is 10.1. The number of hydrogen-bond acceptors (Lipinski definition) is 6. The first kappa shape index (κ1) is 10.6. The summed E-state index contributed by atoms with van der Waals surface area (Å²) in [5.74, 6) is 0.446. The van der Waals surface area contributed by atoms with Crippen molar-refractivity contribution >= 4 is 22.4 Å². The monoisotopic (exact) mass is 238 g/mol. The molecule has 0 radical (unpaired) electrons. The molecule has 0 fully saturated rings. The highest BCUT2D eigenvalue weighted by Gasteiger charge is 2.11. The molecule has 0 aromatic carbocycles.